The van der Waals surface area contributed by atoms with Crippen LogP contribution in [0.5, 0.6) is 11.5 Å². The van der Waals surface area contributed by atoms with Gasteiger partial charge in [0.15, 0.2) is 11.5 Å². The van der Waals surface area contributed by atoms with Gasteiger partial charge in [0, 0.05) is 10.6 Å². The number of hydrogen-bond acceptors (Lipinski definition) is 7. The molecule has 1 atom stereocenters. The Hall–Kier alpha value is -4.37. The Balaban J connectivity index is 1.59. The van der Waals surface area contributed by atoms with Crippen molar-refractivity contribution in [1.29, 1.82) is 0 Å². The maximum absolute atomic E-state index is 14.1. The Bertz CT molecular complexity index is 1500. The standard InChI is InChI=1S/C28H24ClFN4O4/c1-3-37-23-14-18(10-13-22(23)38-15-19-6-4-5-7-21(19)30)26-24(27(35)36-2)25(17-8-11-20(29)12-9-17)33-28-31-16-32-34(26)28/h4-14,16,26H,3,15H2,1-2H3,(H,31,32,33)/t26-/m1/s1. The van der Waals surface area contributed by atoms with Crippen LogP contribution in [0.1, 0.15) is 29.7 Å². The third kappa shape index (κ3) is 4.92. The normalized spacial score (nSPS) is 14.5. The highest BCUT2D eigenvalue weighted by molar-refractivity contribution is 6.30. The minimum atomic E-state index is -0.688. The molecule has 0 bridgehead atoms. The van der Waals surface area contributed by atoms with Crippen LogP contribution in [0.25, 0.3) is 5.70 Å². The highest BCUT2D eigenvalue weighted by Crippen LogP contribution is 2.41. The fourth-order valence-corrected chi connectivity index (χ4v) is 4.42. The van der Waals surface area contributed by atoms with E-state index < -0.39 is 12.0 Å². The average molecular weight is 535 g/mol. The number of fused-ring (bicyclic) bond motifs is 1. The molecule has 10 heteroatoms. The van der Waals surface area contributed by atoms with Gasteiger partial charge in [-0.2, -0.15) is 10.1 Å². The zero-order valence-electron chi connectivity index (χ0n) is 20.7. The van der Waals surface area contributed by atoms with Gasteiger partial charge in [-0.3, -0.25) is 0 Å². The molecule has 0 aliphatic carbocycles. The number of benzene rings is 3. The van der Waals surface area contributed by atoms with Gasteiger partial charge in [-0.15, -0.1) is 0 Å². The third-order valence-electron chi connectivity index (χ3n) is 6.06. The second-order valence-corrected chi connectivity index (χ2v) is 8.80. The van der Waals surface area contributed by atoms with Gasteiger partial charge in [0.05, 0.1) is 25.0 Å². The number of aromatic nitrogens is 3. The van der Waals surface area contributed by atoms with Crippen LogP contribution in [0, 0.1) is 5.82 Å². The molecule has 0 saturated carbocycles. The maximum Gasteiger partial charge on any atom is 0.338 e. The number of ether oxygens (including phenoxy) is 3. The van der Waals surface area contributed by atoms with Crippen LogP contribution >= 0.6 is 11.6 Å². The Kier molecular flexibility index (Phi) is 7.28. The lowest BCUT2D eigenvalue weighted by Gasteiger charge is -2.29. The molecule has 4 aromatic rings. The van der Waals surface area contributed by atoms with Gasteiger partial charge in [-0.25, -0.2) is 13.9 Å². The largest absolute Gasteiger partial charge is 0.490 e. The summed E-state index contributed by atoms with van der Waals surface area (Å²) in [5.41, 5.74) is 2.69. The zero-order valence-corrected chi connectivity index (χ0v) is 21.4. The SMILES string of the molecule is CCOc1cc([C@@H]2C(C(=O)OC)=C(c3ccc(Cl)cc3)Nc3ncnn32)ccc1OCc1ccccc1F. The van der Waals surface area contributed by atoms with Gasteiger partial charge < -0.3 is 19.5 Å². The van der Waals surface area contributed by atoms with Crippen molar-refractivity contribution in [3.8, 4) is 11.5 Å². The molecule has 38 heavy (non-hydrogen) atoms. The second-order valence-electron chi connectivity index (χ2n) is 8.36. The molecule has 0 fully saturated rings. The van der Waals surface area contributed by atoms with Crippen molar-refractivity contribution in [2.45, 2.75) is 19.6 Å². The Labute approximate surface area is 223 Å². The topological polar surface area (TPSA) is 87.5 Å². The molecule has 1 aromatic heterocycles. The monoisotopic (exact) mass is 534 g/mol. The van der Waals surface area contributed by atoms with Crippen molar-refractivity contribution >= 4 is 29.2 Å². The van der Waals surface area contributed by atoms with Crippen LogP contribution in [0.15, 0.2) is 78.6 Å². The van der Waals surface area contributed by atoms with E-state index in [1.54, 1.807) is 47.1 Å². The molecule has 0 amide bonds. The smallest absolute Gasteiger partial charge is 0.338 e. The first-order valence-corrected chi connectivity index (χ1v) is 12.3. The average Bonchev–Trinajstić information content (AvgIpc) is 3.41. The maximum atomic E-state index is 14.1. The summed E-state index contributed by atoms with van der Waals surface area (Å²) in [7, 11) is 1.33. The third-order valence-corrected chi connectivity index (χ3v) is 6.31. The molecule has 2 heterocycles. The van der Waals surface area contributed by atoms with Crippen molar-refractivity contribution in [2.24, 2.45) is 0 Å². The Morgan fingerprint density at radius 1 is 1.08 bits per heavy atom. The Morgan fingerprint density at radius 3 is 2.61 bits per heavy atom. The first-order valence-electron chi connectivity index (χ1n) is 11.9. The first-order chi connectivity index (χ1) is 18.5. The van der Waals surface area contributed by atoms with E-state index >= 15 is 0 Å². The number of anilines is 1. The Morgan fingerprint density at radius 2 is 1.87 bits per heavy atom. The van der Waals surface area contributed by atoms with Crippen molar-refractivity contribution in [2.75, 3.05) is 19.0 Å². The van der Waals surface area contributed by atoms with E-state index in [9.17, 15) is 9.18 Å². The zero-order chi connectivity index (χ0) is 26.6. The number of carbonyl (C=O) groups is 1. The first kappa shape index (κ1) is 25.3. The van der Waals surface area contributed by atoms with E-state index in [1.807, 2.05) is 25.1 Å². The number of nitrogens with one attached hydrogen (secondary N) is 1. The predicted octanol–water partition coefficient (Wildman–Crippen LogP) is 5.65. The number of esters is 1. The fraction of sp³-hybridized carbons (Fsp3) is 0.179. The van der Waals surface area contributed by atoms with Crippen LogP contribution in [-0.2, 0) is 16.1 Å². The molecule has 5 rings (SSSR count). The van der Waals surface area contributed by atoms with Gasteiger partial charge in [0.1, 0.15) is 24.8 Å². The molecule has 3 aromatic carbocycles. The lowest BCUT2D eigenvalue weighted by Crippen LogP contribution is -2.29. The lowest BCUT2D eigenvalue weighted by molar-refractivity contribution is -0.136. The van der Waals surface area contributed by atoms with E-state index in [4.69, 9.17) is 25.8 Å². The van der Waals surface area contributed by atoms with E-state index in [-0.39, 0.29) is 12.4 Å². The minimum absolute atomic E-state index is 0.0285. The highest BCUT2D eigenvalue weighted by atomic mass is 35.5. The van der Waals surface area contributed by atoms with Crippen molar-refractivity contribution in [1.82, 2.24) is 14.8 Å². The van der Waals surface area contributed by atoms with Crippen LogP contribution in [0.2, 0.25) is 5.02 Å². The summed E-state index contributed by atoms with van der Waals surface area (Å²) >= 11 is 6.10. The molecular formula is C28H24ClFN4O4. The summed E-state index contributed by atoms with van der Waals surface area (Å²) in [6.07, 6.45) is 1.41. The van der Waals surface area contributed by atoms with Gasteiger partial charge in [-0.05, 0) is 48.4 Å². The molecule has 8 nitrogen and oxygen atoms in total. The molecule has 1 aliphatic rings. The number of hydrogen-bond donors (Lipinski definition) is 1. The second kappa shape index (κ2) is 10.9. The highest BCUT2D eigenvalue weighted by Gasteiger charge is 2.36. The molecule has 0 radical (unpaired) electrons. The van der Waals surface area contributed by atoms with Crippen LogP contribution in [0.4, 0.5) is 10.3 Å². The molecule has 0 spiro atoms. The summed E-state index contributed by atoms with van der Waals surface area (Å²) in [6.45, 7) is 2.25. The summed E-state index contributed by atoms with van der Waals surface area (Å²) in [6, 6.07) is 18.2. The molecule has 0 saturated heterocycles. The quantitative estimate of drug-likeness (QED) is 0.292. The summed E-state index contributed by atoms with van der Waals surface area (Å²) in [5, 5.41) is 8.15. The molecule has 1 N–H and O–H groups in total. The van der Waals surface area contributed by atoms with Crippen LogP contribution in [0.3, 0.4) is 0 Å². The number of nitrogens with zero attached hydrogens (tertiary/aromatic N) is 3. The van der Waals surface area contributed by atoms with Crippen LogP contribution < -0.4 is 14.8 Å². The van der Waals surface area contributed by atoms with E-state index in [1.165, 1.54) is 19.5 Å². The number of methoxy groups -OCH3 is 1. The van der Waals surface area contributed by atoms with Gasteiger partial charge in [-0.1, -0.05) is 48.0 Å². The van der Waals surface area contributed by atoms with Crippen molar-refractivity contribution in [3.05, 3.63) is 106 Å². The summed E-state index contributed by atoms with van der Waals surface area (Å²) < 4.78 is 32.7. The molecule has 0 unspecified atom stereocenters. The van der Waals surface area contributed by atoms with Gasteiger partial charge >= 0.3 is 5.97 Å². The van der Waals surface area contributed by atoms with Gasteiger partial charge in [0.2, 0.25) is 5.95 Å². The van der Waals surface area contributed by atoms with E-state index in [0.29, 0.717) is 51.5 Å². The molecular weight excluding hydrogens is 511 g/mol. The summed E-state index contributed by atoms with van der Waals surface area (Å²) in [4.78, 5) is 17.5. The number of carbonyl (C=O) groups excluding carboxylic acids is 1. The van der Waals surface area contributed by atoms with Gasteiger partial charge in [0.25, 0.3) is 0 Å². The number of halogens is 2. The van der Waals surface area contributed by atoms with E-state index in [0.717, 1.165) is 5.56 Å². The molecule has 194 valence electrons. The van der Waals surface area contributed by atoms with Crippen LogP contribution in [-0.4, -0.2) is 34.5 Å². The minimum Gasteiger partial charge on any atom is -0.490 e. The van der Waals surface area contributed by atoms with E-state index in [2.05, 4.69) is 15.4 Å². The number of rotatable bonds is 8. The predicted molar refractivity (Wildman–Crippen MR) is 141 cm³/mol. The van der Waals surface area contributed by atoms with Crippen molar-refractivity contribution < 1.29 is 23.4 Å². The summed E-state index contributed by atoms with van der Waals surface area (Å²) in [5.74, 6) is 0.446. The van der Waals surface area contributed by atoms with Crippen molar-refractivity contribution in [3.63, 3.8) is 0 Å². The lowest BCUT2D eigenvalue weighted by atomic mass is 9.92. The fourth-order valence-electron chi connectivity index (χ4n) is 4.30. The molecule has 1 aliphatic heterocycles.